The molecule has 4 nitrogen and oxygen atoms in total. The molecule has 0 saturated carbocycles. The maximum Gasteiger partial charge on any atom is 0.270 e. The Balaban J connectivity index is 2.37. The monoisotopic (exact) mass is 230 g/mol. The largest absolute Gasteiger partial charge is 0.270 e. The van der Waals surface area contributed by atoms with Crippen molar-refractivity contribution in [3.05, 3.63) is 44.0 Å². The summed E-state index contributed by atoms with van der Waals surface area (Å²) in [5, 5.41) is 5.76. The molecule has 1 heterocycles. The number of hydrogen-bond acceptors (Lipinski definition) is 2. The molecule has 4 heteroatoms. The van der Waals surface area contributed by atoms with E-state index in [9.17, 15) is 9.59 Å². The molecule has 88 valence electrons. The first-order valence-electron chi connectivity index (χ1n) is 6.02. The molecule has 0 amide bonds. The molecular weight excluding hydrogens is 216 g/mol. The standard InChI is InChI=1S/C13H14N2O2/c16-12-10-6-8-4-2-1-3-5-9(8)7-11(10)13(17)15-14-12/h6-7H,1-5H2,(H,14,16)(H,15,17). The number of fused-ring (bicyclic) bond motifs is 2. The molecule has 17 heavy (non-hydrogen) atoms. The topological polar surface area (TPSA) is 65.7 Å². The van der Waals surface area contributed by atoms with Crippen molar-refractivity contribution >= 4 is 10.8 Å². The molecule has 1 aliphatic rings. The zero-order valence-electron chi connectivity index (χ0n) is 9.51. The van der Waals surface area contributed by atoms with Gasteiger partial charge in [0.2, 0.25) is 0 Å². The molecule has 1 aromatic carbocycles. The van der Waals surface area contributed by atoms with Crippen LogP contribution in [0.4, 0.5) is 0 Å². The van der Waals surface area contributed by atoms with Crippen molar-refractivity contribution in [1.82, 2.24) is 10.2 Å². The average Bonchev–Trinajstić information content (AvgIpc) is 2.57. The number of aryl methyl sites for hydroxylation is 2. The third kappa shape index (κ3) is 1.69. The molecule has 1 aromatic heterocycles. The number of aromatic amines is 2. The van der Waals surface area contributed by atoms with E-state index in [4.69, 9.17) is 0 Å². The lowest BCUT2D eigenvalue weighted by molar-refractivity contribution is 0.712. The van der Waals surface area contributed by atoms with Crippen LogP contribution < -0.4 is 11.1 Å². The first-order chi connectivity index (χ1) is 8.25. The van der Waals surface area contributed by atoms with Crippen molar-refractivity contribution in [3.63, 3.8) is 0 Å². The van der Waals surface area contributed by atoms with Gasteiger partial charge in [-0.2, -0.15) is 0 Å². The second-order valence-corrected chi connectivity index (χ2v) is 4.64. The Morgan fingerprint density at radius 3 is 1.71 bits per heavy atom. The van der Waals surface area contributed by atoms with Crippen molar-refractivity contribution < 1.29 is 0 Å². The van der Waals surface area contributed by atoms with Gasteiger partial charge in [0.05, 0.1) is 10.8 Å². The van der Waals surface area contributed by atoms with Crippen molar-refractivity contribution in [2.24, 2.45) is 0 Å². The number of hydrogen-bond donors (Lipinski definition) is 2. The fourth-order valence-corrected chi connectivity index (χ4v) is 2.59. The van der Waals surface area contributed by atoms with Crippen LogP contribution in [-0.2, 0) is 12.8 Å². The molecule has 0 radical (unpaired) electrons. The van der Waals surface area contributed by atoms with E-state index >= 15 is 0 Å². The summed E-state index contributed by atoms with van der Waals surface area (Å²) < 4.78 is 0. The Bertz CT molecular complexity index is 623. The van der Waals surface area contributed by atoms with Gasteiger partial charge in [-0.15, -0.1) is 0 Å². The summed E-state index contributed by atoms with van der Waals surface area (Å²) in [7, 11) is 0. The molecular formula is C13H14N2O2. The van der Waals surface area contributed by atoms with Crippen molar-refractivity contribution in [2.75, 3.05) is 0 Å². The number of rotatable bonds is 0. The summed E-state index contributed by atoms with van der Waals surface area (Å²) in [5.41, 5.74) is 2.02. The minimum atomic E-state index is -0.216. The maximum atomic E-state index is 11.7. The third-order valence-corrected chi connectivity index (χ3v) is 3.51. The molecule has 0 spiro atoms. The predicted octanol–water partition coefficient (Wildman–Crippen LogP) is 1.49. The Hall–Kier alpha value is -1.84. The van der Waals surface area contributed by atoms with Gasteiger partial charge in [-0.1, -0.05) is 6.42 Å². The van der Waals surface area contributed by atoms with Crippen LogP contribution in [0.3, 0.4) is 0 Å². The summed E-state index contributed by atoms with van der Waals surface area (Å²) >= 11 is 0. The van der Waals surface area contributed by atoms with Gasteiger partial charge < -0.3 is 0 Å². The lowest BCUT2D eigenvalue weighted by Crippen LogP contribution is -2.19. The zero-order valence-corrected chi connectivity index (χ0v) is 9.51. The van der Waals surface area contributed by atoms with Gasteiger partial charge in [0.1, 0.15) is 0 Å². The van der Waals surface area contributed by atoms with Gasteiger partial charge in [-0.3, -0.25) is 19.8 Å². The molecule has 2 aromatic rings. The highest BCUT2D eigenvalue weighted by molar-refractivity contribution is 5.82. The van der Waals surface area contributed by atoms with E-state index in [0.717, 1.165) is 12.8 Å². The second-order valence-electron chi connectivity index (χ2n) is 4.64. The Labute approximate surface area is 97.7 Å². The van der Waals surface area contributed by atoms with Gasteiger partial charge in [0.25, 0.3) is 11.1 Å². The molecule has 0 bridgehead atoms. The summed E-state index contributed by atoms with van der Waals surface area (Å²) in [5.74, 6) is 0. The maximum absolute atomic E-state index is 11.7. The molecule has 2 N–H and O–H groups in total. The predicted molar refractivity (Wildman–Crippen MR) is 66.4 cm³/mol. The normalized spacial score (nSPS) is 15.5. The Morgan fingerprint density at radius 2 is 1.24 bits per heavy atom. The number of H-pyrrole nitrogens is 2. The van der Waals surface area contributed by atoms with Crippen LogP contribution in [0.5, 0.6) is 0 Å². The summed E-state index contributed by atoms with van der Waals surface area (Å²) in [4.78, 5) is 23.4. The van der Waals surface area contributed by atoms with Gasteiger partial charge in [0.15, 0.2) is 0 Å². The van der Waals surface area contributed by atoms with E-state index in [0.29, 0.717) is 10.8 Å². The quantitative estimate of drug-likeness (QED) is 0.673. The van der Waals surface area contributed by atoms with Crippen molar-refractivity contribution in [2.45, 2.75) is 32.1 Å². The van der Waals surface area contributed by atoms with E-state index < -0.39 is 0 Å². The molecule has 0 saturated heterocycles. The van der Waals surface area contributed by atoms with Crippen LogP contribution >= 0.6 is 0 Å². The number of benzene rings is 1. The highest BCUT2D eigenvalue weighted by atomic mass is 16.1. The van der Waals surface area contributed by atoms with Crippen LogP contribution in [0.1, 0.15) is 30.4 Å². The van der Waals surface area contributed by atoms with Crippen LogP contribution in [-0.4, -0.2) is 10.2 Å². The van der Waals surface area contributed by atoms with E-state index in [1.54, 1.807) is 0 Å². The molecule has 0 fully saturated rings. The highest BCUT2D eigenvalue weighted by Gasteiger charge is 2.12. The Kier molecular flexibility index (Phi) is 2.35. The zero-order chi connectivity index (χ0) is 11.8. The van der Waals surface area contributed by atoms with E-state index in [1.807, 2.05) is 12.1 Å². The van der Waals surface area contributed by atoms with Crippen LogP contribution in [0.2, 0.25) is 0 Å². The van der Waals surface area contributed by atoms with E-state index in [-0.39, 0.29) is 11.1 Å². The summed E-state index contributed by atoms with van der Waals surface area (Å²) in [6.07, 6.45) is 5.58. The minimum absolute atomic E-state index is 0.216. The van der Waals surface area contributed by atoms with Gasteiger partial charge in [-0.05, 0) is 48.9 Å². The minimum Gasteiger partial charge on any atom is -0.267 e. The molecule has 0 unspecified atom stereocenters. The van der Waals surface area contributed by atoms with E-state index in [2.05, 4.69) is 10.2 Å². The lowest BCUT2D eigenvalue weighted by Gasteiger charge is -2.06. The fraction of sp³-hybridized carbons (Fsp3) is 0.385. The first kappa shape index (κ1) is 10.3. The number of aromatic nitrogens is 2. The molecule has 0 atom stereocenters. The SMILES string of the molecule is O=c1[nH][nH]c(=O)c2cc3c(cc12)CCCCC3. The molecule has 0 aliphatic heterocycles. The molecule has 1 aliphatic carbocycles. The van der Waals surface area contributed by atoms with Crippen LogP contribution in [0.25, 0.3) is 10.8 Å². The Morgan fingerprint density at radius 1 is 0.765 bits per heavy atom. The first-order valence-corrected chi connectivity index (χ1v) is 6.02. The van der Waals surface area contributed by atoms with Gasteiger partial charge in [0, 0.05) is 0 Å². The average molecular weight is 230 g/mol. The van der Waals surface area contributed by atoms with Crippen LogP contribution in [0, 0.1) is 0 Å². The van der Waals surface area contributed by atoms with Crippen molar-refractivity contribution in [3.8, 4) is 0 Å². The van der Waals surface area contributed by atoms with Crippen LogP contribution in [0.15, 0.2) is 21.7 Å². The van der Waals surface area contributed by atoms with Gasteiger partial charge >= 0.3 is 0 Å². The highest BCUT2D eigenvalue weighted by Crippen LogP contribution is 2.23. The summed E-state index contributed by atoms with van der Waals surface area (Å²) in [6.45, 7) is 0. The lowest BCUT2D eigenvalue weighted by atomic mass is 9.99. The fourth-order valence-electron chi connectivity index (χ4n) is 2.59. The third-order valence-electron chi connectivity index (χ3n) is 3.51. The summed E-state index contributed by atoms with van der Waals surface area (Å²) in [6, 6.07) is 3.79. The number of nitrogens with one attached hydrogen (secondary N) is 2. The smallest absolute Gasteiger partial charge is 0.267 e. The van der Waals surface area contributed by atoms with E-state index in [1.165, 1.54) is 30.4 Å². The molecule has 3 rings (SSSR count). The van der Waals surface area contributed by atoms with Gasteiger partial charge in [-0.25, -0.2) is 0 Å². The van der Waals surface area contributed by atoms with Crippen molar-refractivity contribution in [1.29, 1.82) is 0 Å². The second kappa shape index (κ2) is 3.87.